The lowest BCUT2D eigenvalue weighted by Gasteiger charge is -2.32. The van der Waals surface area contributed by atoms with Gasteiger partial charge in [-0.1, -0.05) is 13.0 Å². The SMILES string of the molecule is CCCNC(C)c1ccc(OCC(C)(C)N(C)C)c(Br)c1. The average Bonchev–Trinajstić information content (AvgIpc) is 2.43. The lowest BCUT2D eigenvalue weighted by Crippen LogP contribution is -2.43. The predicted octanol–water partition coefficient (Wildman–Crippen LogP) is 4.23. The van der Waals surface area contributed by atoms with Crippen molar-refractivity contribution in [1.82, 2.24) is 10.2 Å². The Morgan fingerprint density at radius 2 is 2.00 bits per heavy atom. The number of hydrogen-bond acceptors (Lipinski definition) is 3. The Morgan fingerprint density at radius 3 is 2.52 bits per heavy atom. The van der Waals surface area contributed by atoms with Gasteiger partial charge < -0.3 is 15.0 Å². The van der Waals surface area contributed by atoms with Crippen LogP contribution in [0.25, 0.3) is 0 Å². The van der Waals surface area contributed by atoms with Crippen LogP contribution in [0.5, 0.6) is 5.75 Å². The highest BCUT2D eigenvalue weighted by atomic mass is 79.9. The Kier molecular flexibility index (Phi) is 7.17. The van der Waals surface area contributed by atoms with Crippen LogP contribution < -0.4 is 10.1 Å². The van der Waals surface area contributed by atoms with Crippen LogP contribution in [-0.2, 0) is 0 Å². The lowest BCUT2D eigenvalue weighted by molar-refractivity contribution is 0.113. The third-order valence-electron chi connectivity index (χ3n) is 3.95. The molecule has 0 radical (unpaired) electrons. The van der Waals surface area contributed by atoms with Crippen LogP contribution in [0.2, 0.25) is 0 Å². The second-order valence-corrected chi connectivity index (χ2v) is 7.22. The van der Waals surface area contributed by atoms with Crippen molar-refractivity contribution >= 4 is 15.9 Å². The van der Waals surface area contributed by atoms with E-state index in [4.69, 9.17) is 4.74 Å². The molecule has 0 spiro atoms. The zero-order valence-electron chi connectivity index (χ0n) is 14.2. The predicted molar refractivity (Wildman–Crippen MR) is 94.1 cm³/mol. The van der Waals surface area contributed by atoms with Gasteiger partial charge in [0.25, 0.3) is 0 Å². The van der Waals surface area contributed by atoms with Crippen molar-refractivity contribution < 1.29 is 4.74 Å². The van der Waals surface area contributed by atoms with Crippen molar-refractivity contribution in [2.45, 2.75) is 45.7 Å². The van der Waals surface area contributed by atoms with Crippen LogP contribution in [-0.4, -0.2) is 37.7 Å². The molecule has 0 aliphatic carbocycles. The van der Waals surface area contributed by atoms with Gasteiger partial charge in [0.15, 0.2) is 0 Å². The van der Waals surface area contributed by atoms with Gasteiger partial charge in [-0.05, 0) is 81.5 Å². The van der Waals surface area contributed by atoms with Gasteiger partial charge in [-0.25, -0.2) is 0 Å². The third kappa shape index (κ3) is 5.61. The zero-order valence-corrected chi connectivity index (χ0v) is 15.8. The van der Waals surface area contributed by atoms with Crippen molar-refractivity contribution in [3.63, 3.8) is 0 Å². The molecule has 0 aromatic heterocycles. The Hall–Kier alpha value is -0.580. The molecule has 1 rings (SSSR count). The summed E-state index contributed by atoms with van der Waals surface area (Å²) in [6, 6.07) is 6.69. The first-order chi connectivity index (χ1) is 9.77. The smallest absolute Gasteiger partial charge is 0.133 e. The van der Waals surface area contributed by atoms with E-state index in [0.29, 0.717) is 12.6 Å². The number of ether oxygens (including phenoxy) is 1. The van der Waals surface area contributed by atoms with Crippen LogP contribution in [0.15, 0.2) is 22.7 Å². The van der Waals surface area contributed by atoms with E-state index in [0.717, 1.165) is 23.2 Å². The summed E-state index contributed by atoms with van der Waals surface area (Å²) >= 11 is 3.62. The van der Waals surface area contributed by atoms with Crippen molar-refractivity contribution in [3.05, 3.63) is 28.2 Å². The Bertz CT molecular complexity index is 446. The molecule has 3 nitrogen and oxygen atoms in total. The van der Waals surface area contributed by atoms with E-state index in [-0.39, 0.29) is 5.54 Å². The number of likely N-dealkylation sites (N-methyl/N-ethyl adjacent to an activating group) is 1. The molecular weight excluding hydrogens is 328 g/mol. The molecule has 0 heterocycles. The largest absolute Gasteiger partial charge is 0.491 e. The first-order valence-electron chi connectivity index (χ1n) is 7.61. The second kappa shape index (κ2) is 8.16. The number of nitrogens with zero attached hydrogens (tertiary/aromatic N) is 1. The topological polar surface area (TPSA) is 24.5 Å². The van der Waals surface area contributed by atoms with Gasteiger partial charge >= 0.3 is 0 Å². The van der Waals surface area contributed by atoms with Gasteiger partial charge in [0.05, 0.1) is 4.47 Å². The maximum atomic E-state index is 5.97. The highest BCUT2D eigenvalue weighted by Crippen LogP contribution is 2.29. The molecule has 1 unspecified atom stereocenters. The van der Waals surface area contributed by atoms with E-state index >= 15 is 0 Å². The number of rotatable bonds is 8. The van der Waals surface area contributed by atoms with Crippen LogP contribution >= 0.6 is 15.9 Å². The third-order valence-corrected chi connectivity index (χ3v) is 4.57. The molecular formula is C17H29BrN2O. The van der Waals surface area contributed by atoms with E-state index in [9.17, 15) is 0 Å². The summed E-state index contributed by atoms with van der Waals surface area (Å²) in [6.07, 6.45) is 1.15. The van der Waals surface area contributed by atoms with Gasteiger partial charge in [-0.3, -0.25) is 0 Å². The molecule has 0 saturated heterocycles. The van der Waals surface area contributed by atoms with Gasteiger partial charge in [-0.2, -0.15) is 0 Å². The van der Waals surface area contributed by atoms with Crippen molar-refractivity contribution in [2.24, 2.45) is 0 Å². The summed E-state index contributed by atoms with van der Waals surface area (Å²) in [5, 5.41) is 3.50. The Labute approximate surface area is 138 Å². The molecule has 120 valence electrons. The highest BCUT2D eigenvalue weighted by molar-refractivity contribution is 9.10. The summed E-state index contributed by atoms with van der Waals surface area (Å²) in [4.78, 5) is 2.17. The summed E-state index contributed by atoms with van der Waals surface area (Å²) in [6.45, 7) is 10.4. The molecule has 1 aromatic carbocycles. The standard InChI is InChI=1S/C17H29BrN2O/c1-7-10-19-13(2)14-8-9-16(15(18)11-14)21-12-17(3,4)20(5)6/h8-9,11,13,19H,7,10,12H2,1-6H3. The maximum absolute atomic E-state index is 5.97. The first kappa shape index (κ1) is 18.5. The van der Waals surface area contributed by atoms with Crippen molar-refractivity contribution in [2.75, 3.05) is 27.2 Å². The second-order valence-electron chi connectivity index (χ2n) is 6.36. The maximum Gasteiger partial charge on any atom is 0.133 e. The van der Waals surface area contributed by atoms with E-state index in [1.807, 2.05) is 0 Å². The molecule has 21 heavy (non-hydrogen) atoms. The molecule has 1 N–H and O–H groups in total. The van der Waals surface area contributed by atoms with Crippen LogP contribution in [0, 0.1) is 0 Å². The van der Waals surface area contributed by atoms with Crippen molar-refractivity contribution in [1.29, 1.82) is 0 Å². The van der Waals surface area contributed by atoms with Crippen molar-refractivity contribution in [3.8, 4) is 5.75 Å². The highest BCUT2D eigenvalue weighted by Gasteiger charge is 2.21. The normalized spacial score (nSPS) is 13.5. The summed E-state index contributed by atoms with van der Waals surface area (Å²) in [5.74, 6) is 0.899. The minimum Gasteiger partial charge on any atom is -0.491 e. The minimum absolute atomic E-state index is 0.00802. The van der Waals surface area contributed by atoms with Gasteiger partial charge in [-0.15, -0.1) is 0 Å². The number of benzene rings is 1. The average molecular weight is 357 g/mol. The molecule has 0 bridgehead atoms. The van der Waals surface area contributed by atoms with Gasteiger partial charge in [0.1, 0.15) is 12.4 Å². The number of hydrogen-bond donors (Lipinski definition) is 1. The molecule has 0 aliphatic heterocycles. The molecule has 1 atom stereocenters. The van der Waals surface area contributed by atoms with Crippen LogP contribution in [0.1, 0.15) is 45.7 Å². The van der Waals surface area contributed by atoms with Gasteiger partial charge in [0, 0.05) is 11.6 Å². The van der Waals surface area contributed by atoms with E-state index in [2.05, 4.69) is 86.1 Å². The Morgan fingerprint density at radius 1 is 1.33 bits per heavy atom. The fraction of sp³-hybridized carbons (Fsp3) is 0.647. The van der Waals surface area contributed by atoms with Crippen LogP contribution in [0.3, 0.4) is 0 Å². The molecule has 0 aliphatic rings. The molecule has 4 heteroatoms. The molecule has 0 amide bonds. The van der Waals surface area contributed by atoms with E-state index in [1.54, 1.807) is 0 Å². The first-order valence-corrected chi connectivity index (χ1v) is 8.40. The number of nitrogens with one attached hydrogen (secondary N) is 1. The molecule has 1 aromatic rings. The van der Waals surface area contributed by atoms with Gasteiger partial charge in [0.2, 0.25) is 0 Å². The summed E-state index contributed by atoms with van der Waals surface area (Å²) in [7, 11) is 4.14. The minimum atomic E-state index is 0.00802. The fourth-order valence-electron chi connectivity index (χ4n) is 1.77. The quantitative estimate of drug-likeness (QED) is 0.754. The zero-order chi connectivity index (χ0) is 16.0. The summed E-state index contributed by atoms with van der Waals surface area (Å²) < 4.78 is 6.98. The molecule has 0 saturated carbocycles. The monoisotopic (exact) mass is 356 g/mol. The van der Waals surface area contributed by atoms with Crippen LogP contribution in [0.4, 0.5) is 0 Å². The molecule has 0 fully saturated rings. The lowest BCUT2D eigenvalue weighted by atomic mass is 10.1. The van der Waals surface area contributed by atoms with E-state index < -0.39 is 0 Å². The Balaban J connectivity index is 2.70. The summed E-state index contributed by atoms with van der Waals surface area (Å²) in [5.41, 5.74) is 1.28. The number of halogens is 1. The fourth-order valence-corrected chi connectivity index (χ4v) is 2.28. The van der Waals surface area contributed by atoms with E-state index in [1.165, 1.54) is 5.56 Å².